The van der Waals surface area contributed by atoms with Crippen LogP contribution in [0.2, 0.25) is 10.0 Å². The Balaban J connectivity index is 1.36. The van der Waals surface area contributed by atoms with E-state index in [0.29, 0.717) is 5.02 Å². The van der Waals surface area contributed by atoms with Gasteiger partial charge in [0, 0.05) is 12.0 Å². The van der Waals surface area contributed by atoms with Gasteiger partial charge in [-0.15, -0.1) is 0 Å². The summed E-state index contributed by atoms with van der Waals surface area (Å²) < 4.78 is 10.7. The molecule has 0 aromatic heterocycles. The van der Waals surface area contributed by atoms with Gasteiger partial charge in [0.05, 0.1) is 10.0 Å². The second kappa shape index (κ2) is 9.00. The van der Waals surface area contributed by atoms with Crippen molar-refractivity contribution in [2.24, 2.45) is 0 Å². The summed E-state index contributed by atoms with van der Waals surface area (Å²) in [4.78, 5) is 24.6. The number of hydrogen-bond donors (Lipinski definition) is 1. The first-order valence-electron chi connectivity index (χ1n) is 9.72. The van der Waals surface area contributed by atoms with Crippen molar-refractivity contribution in [3.05, 3.63) is 87.9 Å². The van der Waals surface area contributed by atoms with Crippen LogP contribution in [0.1, 0.15) is 24.0 Å². The van der Waals surface area contributed by atoms with E-state index in [1.165, 1.54) is 25.1 Å². The fourth-order valence-corrected chi connectivity index (χ4v) is 3.91. The number of benzene rings is 3. The van der Waals surface area contributed by atoms with E-state index in [1.807, 2.05) is 36.4 Å². The van der Waals surface area contributed by atoms with Gasteiger partial charge in [-0.3, -0.25) is 0 Å². The predicted octanol–water partition coefficient (Wildman–Crippen LogP) is 5.83. The Morgan fingerprint density at radius 1 is 0.935 bits per heavy atom. The Bertz CT molecular complexity index is 1100. The quantitative estimate of drug-likeness (QED) is 0.388. The molecule has 1 atom stereocenters. The lowest BCUT2D eigenvalue weighted by Crippen LogP contribution is -2.41. The molecule has 0 bridgehead atoms. The van der Waals surface area contributed by atoms with Crippen LogP contribution in [0.5, 0.6) is 5.75 Å². The van der Waals surface area contributed by atoms with Crippen molar-refractivity contribution in [2.75, 3.05) is 6.61 Å². The highest BCUT2D eigenvalue weighted by Gasteiger charge is 2.29. The summed E-state index contributed by atoms with van der Waals surface area (Å²) >= 11 is 11.8. The van der Waals surface area contributed by atoms with Crippen LogP contribution in [0, 0.1) is 0 Å². The van der Waals surface area contributed by atoms with E-state index in [0.717, 1.165) is 22.3 Å². The zero-order chi connectivity index (χ0) is 22.0. The molecule has 0 fully saturated rings. The van der Waals surface area contributed by atoms with Gasteiger partial charge < -0.3 is 14.8 Å². The van der Waals surface area contributed by atoms with E-state index in [2.05, 4.69) is 17.4 Å². The second-order valence-corrected chi connectivity index (χ2v) is 8.00. The molecule has 0 saturated heterocycles. The van der Waals surface area contributed by atoms with Gasteiger partial charge in [-0.2, -0.15) is 0 Å². The largest absolute Gasteiger partial charge is 0.449 e. The summed E-state index contributed by atoms with van der Waals surface area (Å²) in [6.07, 6.45) is -0.694. The third-order valence-electron chi connectivity index (χ3n) is 5.14. The van der Waals surface area contributed by atoms with Crippen LogP contribution in [0.15, 0.2) is 66.7 Å². The number of carbonyl (C=O) groups is 2. The van der Waals surface area contributed by atoms with Crippen LogP contribution >= 0.6 is 23.2 Å². The van der Waals surface area contributed by atoms with Crippen LogP contribution in [-0.4, -0.2) is 24.7 Å². The average molecular weight is 456 g/mol. The van der Waals surface area contributed by atoms with Crippen LogP contribution in [0.3, 0.4) is 0 Å². The molecule has 0 aliphatic heterocycles. The van der Waals surface area contributed by atoms with Gasteiger partial charge in [0.1, 0.15) is 18.4 Å². The number of carbonyl (C=O) groups excluding carboxylic acids is 2. The maximum Gasteiger partial charge on any atom is 0.407 e. The monoisotopic (exact) mass is 455 g/mol. The molecular weight excluding hydrogens is 437 g/mol. The fraction of sp³-hybridized carbons (Fsp3) is 0.167. The molecule has 1 aliphatic carbocycles. The molecule has 0 spiro atoms. The van der Waals surface area contributed by atoms with E-state index in [9.17, 15) is 9.59 Å². The highest BCUT2D eigenvalue weighted by Crippen LogP contribution is 2.44. The maximum absolute atomic E-state index is 12.3. The third-order valence-corrected chi connectivity index (χ3v) is 5.88. The third kappa shape index (κ3) is 4.53. The number of hydrogen-bond acceptors (Lipinski definition) is 4. The van der Waals surface area contributed by atoms with Gasteiger partial charge in [-0.1, -0.05) is 71.7 Å². The number of rotatable bonds is 5. The van der Waals surface area contributed by atoms with E-state index in [1.54, 1.807) is 0 Å². The van der Waals surface area contributed by atoms with Gasteiger partial charge in [0.2, 0.25) is 0 Å². The molecule has 1 N–H and O–H groups in total. The lowest BCUT2D eigenvalue weighted by Gasteiger charge is -2.17. The molecule has 158 valence electrons. The fourth-order valence-electron chi connectivity index (χ4n) is 3.62. The molecule has 1 amide bonds. The number of fused-ring (bicyclic) bond motifs is 3. The van der Waals surface area contributed by atoms with Crippen molar-refractivity contribution in [1.82, 2.24) is 5.32 Å². The molecule has 31 heavy (non-hydrogen) atoms. The van der Waals surface area contributed by atoms with Crippen LogP contribution in [-0.2, 0) is 9.53 Å². The van der Waals surface area contributed by atoms with Crippen LogP contribution in [0.4, 0.5) is 4.79 Å². The minimum absolute atomic E-state index is 0.0587. The normalized spacial score (nSPS) is 13.1. The SMILES string of the molecule is C[C@H](NC(=O)OCC1c2ccccc2-c2ccccc21)C(=O)Oc1ccc(Cl)c(Cl)c1. The Labute approximate surface area is 189 Å². The average Bonchev–Trinajstić information content (AvgIpc) is 3.08. The van der Waals surface area contributed by atoms with Gasteiger partial charge >= 0.3 is 12.1 Å². The minimum atomic E-state index is -0.912. The molecule has 1 aliphatic rings. The van der Waals surface area contributed by atoms with Gasteiger partial charge in [0.15, 0.2) is 0 Å². The first-order chi connectivity index (χ1) is 14.9. The van der Waals surface area contributed by atoms with Crippen molar-refractivity contribution in [3.8, 4) is 16.9 Å². The Kier molecular flexibility index (Phi) is 6.16. The van der Waals surface area contributed by atoms with Gasteiger partial charge in [-0.25, -0.2) is 9.59 Å². The van der Waals surface area contributed by atoms with Crippen molar-refractivity contribution < 1.29 is 19.1 Å². The molecule has 4 rings (SSSR count). The Morgan fingerprint density at radius 3 is 2.16 bits per heavy atom. The number of halogens is 2. The molecule has 0 heterocycles. The summed E-state index contributed by atoms with van der Waals surface area (Å²) in [6.45, 7) is 1.68. The summed E-state index contributed by atoms with van der Waals surface area (Å²) in [5.74, 6) is -0.468. The lowest BCUT2D eigenvalue weighted by molar-refractivity contribution is -0.136. The van der Waals surface area contributed by atoms with Crippen molar-refractivity contribution >= 4 is 35.3 Å². The topological polar surface area (TPSA) is 64.6 Å². The smallest absolute Gasteiger partial charge is 0.407 e. The summed E-state index contributed by atoms with van der Waals surface area (Å²) in [5.41, 5.74) is 4.52. The van der Waals surface area contributed by atoms with Crippen LogP contribution < -0.4 is 10.1 Å². The number of nitrogens with one attached hydrogen (secondary N) is 1. The zero-order valence-corrected chi connectivity index (χ0v) is 18.1. The van der Waals surface area contributed by atoms with Crippen molar-refractivity contribution in [2.45, 2.75) is 18.9 Å². The van der Waals surface area contributed by atoms with Crippen LogP contribution in [0.25, 0.3) is 11.1 Å². The highest BCUT2D eigenvalue weighted by molar-refractivity contribution is 6.42. The first-order valence-corrected chi connectivity index (χ1v) is 10.5. The Hall–Kier alpha value is -3.02. The molecule has 5 nitrogen and oxygen atoms in total. The van der Waals surface area contributed by atoms with E-state index in [4.69, 9.17) is 32.7 Å². The lowest BCUT2D eigenvalue weighted by atomic mass is 9.98. The van der Waals surface area contributed by atoms with E-state index in [-0.39, 0.29) is 23.3 Å². The van der Waals surface area contributed by atoms with Crippen molar-refractivity contribution in [3.63, 3.8) is 0 Å². The number of ether oxygens (including phenoxy) is 2. The van der Waals surface area contributed by atoms with E-state index < -0.39 is 18.1 Å². The predicted molar refractivity (Wildman–Crippen MR) is 120 cm³/mol. The first kappa shape index (κ1) is 21.2. The summed E-state index contributed by atoms with van der Waals surface area (Å²) in [7, 11) is 0. The molecule has 3 aromatic rings. The molecular formula is C24H19Cl2NO4. The van der Waals surface area contributed by atoms with Gasteiger partial charge in [0.25, 0.3) is 0 Å². The molecule has 7 heteroatoms. The van der Waals surface area contributed by atoms with Gasteiger partial charge in [-0.05, 0) is 41.3 Å². The zero-order valence-electron chi connectivity index (χ0n) is 16.6. The number of alkyl carbamates (subject to hydrolysis) is 1. The molecule has 0 saturated carbocycles. The van der Waals surface area contributed by atoms with Crippen molar-refractivity contribution in [1.29, 1.82) is 0 Å². The number of esters is 1. The maximum atomic E-state index is 12.3. The van der Waals surface area contributed by atoms with E-state index >= 15 is 0 Å². The number of amides is 1. The standard InChI is InChI=1S/C24H19Cl2NO4/c1-14(23(28)31-15-10-11-21(25)22(26)12-15)27-24(29)30-13-20-18-8-4-2-6-16(18)17-7-3-5-9-19(17)20/h2-12,14,20H,13H2,1H3,(H,27,29)/t14-/m0/s1. The molecule has 0 unspecified atom stereocenters. The highest BCUT2D eigenvalue weighted by atomic mass is 35.5. The second-order valence-electron chi connectivity index (χ2n) is 7.19. The summed E-state index contributed by atoms with van der Waals surface area (Å²) in [5, 5.41) is 3.12. The Morgan fingerprint density at radius 2 is 1.55 bits per heavy atom. The molecule has 3 aromatic carbocycles. The molecule has 0 radical (unpaired) electrons. The summed E-state index contributed by atoms with van der Waals surface area (Å²) in [6, 6.07) is 19.7. The minimum Gasteiger partial charge on any atom is -0.449 e.